The highest BCUT2D eigenvalue weighted by Crippen LogP contribution is 2.17. The third kappa shape index (κ3) is 5.86. The highest BCUT2D eigenvalue weighted by Gasteiger charge is 2.14. The van der Waals surface area contributed by atoms with E-state index in [1.54, 1.807) is 0 Å². The van der Waals surface area contributed by atoms with Crippen LogP contribution in [0, 0.1) is 11.6 Å². The van der Waals surface area contributed by atoms with Gasteiger partial charge in [0.15, 0.2) is 0 Å². The fraction of sp³-hybridized carbons (Fsp3) is 0.375. The molecule has 25 heavy (non-hydrogen) atoms. The minimum atomic E-state index is -0.987. The van der Waals surface area contributed by atoms with Crippen LogP contribution in [0.4, 0.5) is 13.9 Å². The molecule has 0 fully saturated rings. The first-order valence-corrected chi connectivity index (χ1v) is 8.66. The van der Waals surface area contributed by atoms with E-state index in [0.717, 1.165) is 42.8 Å². The summed E-state index contributed by atoms with van der Waals surface area (Å²) in [6, 6.07) is 2.60. The van der Waals surface area contributed by atoms with Crippen LogP contribution in [0.5, 0.6) is 0 Å². The van der Waals surface area contributed by atoms with E-state index in [2.05, 4.69) is 27.8 Å². The number of carbonyl (C=O) groups excluding carboxylic acids is 2. The number of unbranched alkanes of at least 4 members (excludes halogenated alkanes) is 2. The number of aromatic nitrogens is 2. The van der Waals surface area contributed by atoms with E-state index in [0.29, 0.717) is 11.2 Å². The van der Waals surface area contributed by atoms with E-state index in [1.165, 1.54) is 11.3 Å². The Hall–Kier alpha value is -2.42. The Labute approximate surface area is 147 Å². The lowest BCUT2D eigenvalue weighted by atomic mass is 10.2. The van der Waals surface area contributed by atoms with Crippen molar-refractivity contribution in [2.45, 2.75) is 32.6 Å². The predicted octanol–water partition coefficient (Wildman–Crippen LogP) is 2.92. The van der Waals surface area contributed by atoms with Gasteiger partial charge in [0.05, 0.1) is 12.1 Å². The molecule has 1 heterocycles. The van der Waals surface area contributed by atoms with Gasteiger partial charge < -0.3 is 5.32 Å². The summed E-state index contributed by atoms with van der Waals surface area (Å²) < 4.78 is 26.3. The SMILES string of the molecule is CCCCCc1nnc(NC(=O)CNC(=O)c2ccc(F)cc2F)s1. The van der Waals surface area contributed by atoms with Crippen molar-refractivity contribution in [3.63, 3.8) is 0 Å². The van der Waals surface area contributed by atoms with Crippen LogP contribution in [0.25, 0.3) is 0 Å². The van der Waals surface area contributed by atoms with E-state index in [1.807, 2.05) is 0 Å². The summed E-state index contributed by atoms with van der Waals surface area (Å²) in [5.74, 6) is -3.08. The highest BCUT2D eigenvalue weighted by atomic mass is 32.1. The summed E-state index contributed by atoms with van der Waals surface area (Å²) in [6.45, 7) is 1.75. The van der Waals surface area contributed by atoms with Gasteiger partial charge in [-0.25, -0.2) is 8.78 Å². The Bertz CT molecular complexity index is 751. The Morgan fingerprint density at radius 3 is 2.72 bits per heavy atom. The van der Waals surface area contributed by atoms with E-state index < -0.39 is 23.4 Å². The van der Waals surface area contributed by atoms with Crippen LogP contribution in [0.1, 0.15) is 41.6 Å². The van der Waals surface area contributed by atoms with Crippen LogP contribution >= 0.6 is 11.3 Å². The number of nitrogens with one attached hydrogen (secondary N) is 2. The summed E-state index contributed by atoms with van der Waals surface area (Å²) in [4.78, 5) is 23.6. The minimum absolute atomic E-state index is 0.330. The third-order valence-corrected chi connectivity index (χ3v) is 4.19. The largest absolute Gasteiger partial charge is 0.343 e. The van der Waals surface area contributed by atoms with Crippen LogP contribution in [0.3, 0.4) is 0 Å². The number of benzene rings is 1. The van der Waals surface area contributed by atoms with Crippen molar-refractivity contribution < 1.29 is 18.4 Å². The number of aryl methyl sites for hydroxylation is 1. The molecule has 0 bridgehead atoms. The van der Waals surface area contributed by atoms with Gasteiger partial charge in [0, 0.05) is 12.5 Å². The highest BCUT2D eigenvalue weighted by molar-refractivity contribution is 7.15. The lowest BCUT2D eigenvalue weighted by Gasteiger charge is -2.05. The molecule has 0 spiro atoms. The molecule has 6 nitrogen and oxygen atoms in total. The lowest BCUT2D eigenvalue weighted by molar-refractivity contribution is -0.115. The number of hydrogen-bond donors (Lipinski definition) is 2. The van der Waals surface area contributed by atoms with Crippen LogP contribution in [-0.4, -0.2) is 28.6 Å². The summed E-state index contributed by atoms with van der Waals surface area (Å²) in [5.41, 5.74) is -0.330. The molecule has 2 N–H and O–H groups in total. The van der Waals surface area contributed by atoms with E-state index in [9.17, 15) is 18.4 Å². The normalized spacial score (nSPS) is 10.5. The zero-order valence-electron chi connectivity index (χ0n) is 13.6. The van der Waals surface area contributed by atoms with Crippen molar-refractivity contribution in [1.29, 1.82) is 0 Å². The molecular weight excluding hydrogens is 350 g/mol. The first-order chi connectivity index (χ1) is 12.0. The average Bonchev–Trinajstić information content (AvgIpc) is 3.00. The Balaban J connectivity index is 1.81. The van der Waals surface area contributed by atoms with E-state index in [-0.39, 0.29) is 12.1 Å². The second-order valence-electron chi connectivity index (χ2n) is 5.31. The molecular formula is C16H18F2N4O2S. The maximum Gasteiger partial charge on any atom is 0.254 e. The Morgan fingerprint density at radius 2 is 2.00 bits per heavy atom. The summed E-state index contributed by atoms with van der Waals surface area (Å²) in [6.07, 6.45) is 4.03. The van der Waals surface area contributed by atoms with Gasteiger partial charge in [0.2, 0.25) is 11.0 Å². The maximum atomic E-state index is 13.5. The van der Waals surface area contributed by atoms with Gasteiger partial charge in [-0.3, -0.25) is 14.9 Å². The van der Waals surface area contributed by atoms with Gasteiger partial charge in [-0.05, 0) is 18.6 Å². The molecule has 0 saturated heterocycles. The fourth-order valence-corrected chi connectivity index (χ4v) is 2.82. The predicted molar refractivity (Wildman–Crippen MR) is 90.5 cm³/mol. The molecule has 2 amide bonds. The third-order valence-electron chi connectivity index (χ3n) is 3.29. The minimum Gasteiger partial charge on any atom is -0.343 e. The van der Waals surface area contributed by atoms with Gasteiger partial charge in [0.25, 0.3) is 5.91 Å². The lowest BCUT2D eigenvalue weighted by Crippen LogP contribution is -2.33. The van der Waals surface area contributed by atoms with Crippen LogP contribution in [0.2, 0.25) is 0 Å². The smallest absolute Gasteiger partial charge is 0.254 e. The number of halogens is 2. The zero-order valence-corrected chi connectivity index (χ0v) is 14.5. The Morgan fingerprint density at radius 1 is 1.20 bits per heavy atom. The number of hydrogen-bond acceptors (Lipinski definition) is 5. The van der Waals surface area contributed by atoms with Crippen molar-refractivity contribution >= 4 is 28.3 Å². The number of amides is 2. The van der Waals surface area contributed by atoms with Gasteiger partial charge in [-0.2, -0.15) is 0 Å². The monoisotopic (exact) mass is 368 g/mol. The molecule has 0 aliphatic rings. The second kappa shape index (κ2) is 9.16. The summed E-state index contributed by atoms with van der Waals surface area (Å²) >= 11 is 1.28. The second-order valence-corrected chi connectivity index (χ2v) is 6.38. The molecule has 0 atom stereocenters. The fourth-order valence-electron chi connectivity index (χ4n) is 2.02. The van der Waals surface area contributed by atoms with Crippen LogP contribution in [0.15, 0.2) is 18.2 Å². The molecule has 0 unspecified atom stereocenters. The Kier molecular flexibility index (Phi) is 6.93. The van der Waals surface area contributed by atoms with Crippen molar-refractivity contribution in [3.05, 3.63) is 40.4 Å². The number of carbonyl (C=O) groups is 2. The van der Waals surface area contributed by atoms with Crippen molar-refractivity contribution in [1.82, 2.24) is 15.5 Å². The molecule has 2 rings (SSSR count). The van der Waals surface area contributed by atoms with Crippen LogP contribution in [-0.2, 0) is 11.2 Å². The van der Waals surface area contributed by atoms with Gasteiger partial charge in [0.1, 0.15) is 16.6 Å². The molecule has 1 aromatic carbocycles. The number of rotatable bonds is 8. The molecule has 9 heteroatoms. The first kappa shape index (κ1) is 18.9. The number of anilines is 1. The standard InChI is InChI=1S/C16H18F2N4O2S/c1-2-3-4-5-14-21-22-16(25-14)20-13(23)9-19-15(24)11-7-6-10(17)8-12(11)18/h6-8H,2-5,9H2,1H3,(H,19,24)(H,20,22,23). The van der Waals surface area contributed by atoms with Crippen LogP contribution < -0.4 is 10.6 Å². The summed E-state index contributed by atoms with van der Waals surface area (Å²) in [5, 5.41) is 13.8. The van der Waals surface area contributed by atoms with Gasteiger partial charge in [-0.1, -0.05) is 31.1 Å². The van der Waals surface area contributed by atoms with Crippen molar-refractivity contribution in [2.75, 3.05) is 11.9 Å². The molecule has 0 aliphatic heterocycles. The first-order valence-electron chi connectivity index (χ1n) is 7.85. The quantitative estimate of drug-likeness (QED) is 0.702. The van der Waals surface area contributed by atoms with E-state index in [4.69, 9.17) is 0 Å². The number of nitrogens with zero attached hydrogens (tertiary/aromatic N) is 2. The molecule has 1 aromatic heterocycles. The molecule has 2 aromatic rings. The molecule has 0 aliphatic carbocycles. The maximum absolute atomic E-state index is 13.5. The topological polar surface area (TPSA) is 84.0 Å². The summed E-state index contributed by atoms with van der Waals surface area (Å²) in [7, 11) is 0. The zero-order chi connectivity index (χ0) is 18.2. The van der Waals surface area contributed by atoms with Gasteiger partial charge in [-0.15, -0.1) is 10.2 Å². The molecule has 0 saturated carbocycles. The molecule has 134 valence electrons. The average molecular weight is 368 g/mol. The van der Waals surface area contributed by atoms with Crippen molar-refractivity contribution in [3.8, 4) is 0 Å². The molecule has 0 radical (unpaired) electrons. The van der Waals surface area contributed by atoms with Crippen molar-refractivity contribution in [2.24, 2.45) is 0 Å². The van der Waals surface area contributed by atoms with E-state index >= 15 is 0 Å². The van der Waals surface area contributed by atoms with Gasteiger partial charge >= 0.3 is 0 Å².